The SMILES string of the molecule is C[C@H]1CN(c2cn(S(=O)(=O)c3cccc(OC(F)F)c3)c3cccnc23)CCN1. The quantitative estimate of drug-likeness (QED) is 0.681. The number of anilines is 1. The van der Waals surface area contributed by atoms with Crippen molar-refractivity contribution in [2.45, 2.75) is 24.5 Å². The van der Waals surface area contributed by atoms with Crippen LogP contribution in [0.5, 0.6) is 5.75 Å². The zero-order chi connectivity index (χ0) is 20.6. The van der Waals surface area contributed by atoms with E-state index in [2.05, 4.69) is 26.9 Å². The smallest absolute Gasteiger partial charge is 0.387 e. The molecule has 1 saturated heterocycles. The second-order valence-electron chi connectivity index (χ2n) is 6.84. The summed E-state index contributed by atoms with van der Waals surface area (Å²) in [7, 11) is -4.05. The molecule has 7 nitrogen and oxygen atoms in total. The number of pyridine rings is 1. The summed E-state index contributed by atoms with van der Waals surface area (Å²) in [6.07, 6.45) is 3.16. The highest BCUT2D eigenvalue weighted by Crippen LogP contribution is 2.32. The lowest BCUT2D eigenvalue weighted by Gasteiger charge is -2.32. The third-order valence-electron chi connectivity index (χ3n) is 4.80. The largest absolute Gasteiger partial charge is 0.435 e. The highest BCUT2D eigenvalue weighted by atomic mass is 32.2. The van der Waals surface area contributed by atoms with Gasteiger partial charge in [-0.15, -0.1) is 0 Å². The average Bonchev–Trinajstić information content (AvgIpc) is 3.08. The highest BCUT2D eigenvalue weighted by Gasteiger charge is 2.26. The Morgan fingerprint density at radius 2 is 2.10 bits per heavy atom. The molecular formula is C19H20F2N4O3S. The molecule has 0 aliphatic carbocycles. The third kappa shape index (κ3) is 3.77. The van der Waals surface area contributed by atoms with Crippen LogP contribution >= 0.6 is 0 Å². The highest BCUT2D eigenvalue weighted by molar-refractivity contribution is 7.90. The minimum absolute atomic E-state index is 0.142. The molecule has 1 fully saturated rings. The van der Waals surface area contributed by atoms with Crippen LogP contribution in [0.3, 0.4) is 0 Å². The molecule has 1 aliphatic rings. The Labute approximate surface area is 167 Å². The van der Waals surface area contributed by atoms with E-state index >= 15 is 0 Å². The van der Waals surface area contributed by atoms with Crippen molar-refractivity contribution < 1.29 is 21.9 Å². The lowest BCUT2D eigenvalue weighted by atomic mass is 10.2. The van der Waals surface area contributed by atoms with Crippen LogP contribution in [0.4, 0.5) is 14.5 Å². The molecule has 1 aliphatic heterocycles. The number of fused-ring (bicyclic) bond motifs is 1. The fourth-order valence-electron chi connectivity index (χ4n) is 3.52. The number of benzene rings is 1. The van der Waals surface area contributed by atoms with E-state index < -0.39 is 16.6 Å². The average molecular weight is 422 g/mol. The molecule has 0 spiro atoms. The molecule has 3 aromatic rings. The molecule has 2 aromatic heterocycles. The van der Waals surface area contributed by atoms with Crippen molar-refractivity contribution in [1.82, 2.24) is 14.3 Å². The Kier molecular flexibility index (Phi) is 5.13. The monoisotopic (exact) mass is 422 g/mol. The van der Waals surface area contributed by atoms with Gasteiger partial charge in [0.1, 0.15) is 11.3 Å². The first-order valence-electron chi connectivity index (χ1n) is 9.11. The standard InChI is InChI=1S/C19H20F2N4O3S/c1-13-11-24(9-8-22-13)17-12-25(16-6-3-7-23-18(16)17)29(26,27)15-5-2-4-14(10-15)28-19(20)21/h2-7,10,12-13,19,22H,8-9,11H2,1H3/t13-/m0/s1. The first kappa shape index (κ1) is 19.6. The van der Waals surface area contributed by atoms with Crippen LogP contribution in [0.25, 0.3) is 11.0 Å². The maximum Gasteiger partial charge on any atom is 0.387 e. The molecule has 1 atom stereocenters. The van der Waals surface area contributed by atoms with E-state index in [-0.39, 0.29) is 16.7 Å². The Morgan fingerprint density at radius 3 is 2.86 bits per heavy atom. The van der Waals surface area contributed by atoms with Gasteiger partial charge >= 0.3 is 6.61 Å². The van der Waals surface area contributed by atoms with Crippen LogP contribution in [0.1, 0.15) is 6.92 Å². The Balaban J connectivity index is 1.81. The van der Waals surface area contributed by atoms with E-state index in [9.17, 15) is 17.2 Å². The first-order chi connectivity index (χ1) is 13.9. The minimum Gasteiger partial charge on any atom is -0.435 e. The molecule has 10 heteroatoms. The van der Waals surface area contributed by atoms with Gasteiger partial charge in [0, 0.05) is 44.1 Å². The van der Waals surface area contributed by atoms with E-state index in [0.29, 0.717) is 17.6 Å². The molecule has 0 bridgehead atoms. The fraction of sp³-hybridized carbons (Fsp3) is 0.316. The summed E-state index contributed by atoms with van der Waals surface area (Å²) >= 11 is 0. The van der Waals surface area contributed by atoms with Crippen molar-refractivity contribution in [3.63, 3.8) is 0 Å². The van der Waals surface area contributed by atoms with Crippen molar-refractivity contribution in [2.75, 3.05) is 24.5 Å². The number of piperazine rings is 1. The third-order valence-corrected chi connectivity index (χ3v) is 6.47. The van der Waals surface area contributed by atoms with Gasteiger partial charge in [-0.25, -0.2) is 12.4 Å². The Bertz CT molecular complexity index is 1130. The minimum atomic E-state index is -4.05. The number of ether oxygens (including phenoxy) is 1. The fourth-order valence-corrected chi connectivity index (χ4v) is 4.91. The normalized spacial score (nSPS) is 17.8. The predicted molar refractivity (Wildman–Crippen MR) is 105 cm³/mol. The van der Waals surface area contributed by atoms with Gasteiger partial charge in [-0.05, 0) is 31.2 Å². The number of alkyl halides is 2. The van der Waals surface area contributed by atoms with Crippen LogP contribution in [0.2, 0.25) is 0 Å². The molecule has 0 saturated carbocycles. The number of aromatic nitrogens is 2. The van der Waals surface area contributed by atoms with Gasteiger partial charge in [-0.1, -0.05) is 6.07 Å². The van der Waals surface area contributed by atoms with Gasteiger partial charge in [0.05, 0.1) is 16.1 Å². The van der Waals surface area contributed by atoms with Gasteiger partial charge in [-0.2, -0.15) is 8.78 Å². The Hall–Kier alpha value is -2.72. The van der Waals surface area contributed by atoms with Crippen LogP contribution in [0, 0.1) is 0 Å². The summed E-state index contributed by atoms with van der Waals surface area (Å²) in [6.45, 7) is 1.24. The zero-order valence-electron chi connectivity index (χ0n) is 15.6. The molecule has 0 amide bonds. The molecular weight excluding hydrogens is 402 g/mol. The summed E-state index contributed by atoms with van der Waals surface area (Å²) in [6, 6.07) is 8.69. The summed E-state index contributed by atoms with van der Waals surface area (Å²) in [5, 5.41) is 3.35. The van der Waals surface area contributed by atoms with E-state index in [1.54, 1.807) is 24.5 Å². The second kappa shape index (κ2) is 7.60. The van der Waals surface area contributed by atoms with Crippen molar-refractivity contribution in [1.29, 1.82) is 0 Å². The lowest BCUT2D eigenvalue weighted by Crippen LogP contribution is -2.49. The molecule has 0 unspecified atom stereocenters. The summed E-state index contributed by atoms with van der Waals surface area (Å²) in [5.74, 6) is -0.216. The number of halogens is 2. The lowest BCUT2D eigenvalue weighted by molar-refractivity contribution is -0.0499. The predicted octanol–water partition coefficient (Wildman–Crippen LogP) is 2.67. The summed E-state index contributed by atoms with van der Waals surface area (Å²) < 4.78 is 57.2. The first-order valence-corrected chi connectivity index (χ1v) is 10.5. The molecule has 0 radical (unpaired) electrons. The molecule has 1 aromatic carbocycles. The van der Waals surface area contributed by atoms with Gasteiger partial charge in [0.15, 0.2) is 0 Å². The van der Waals surface area contributed by atoms with E-state index in [0.717, 1.165) is 28.8 Å². The number of nitrogens with one attached hydrogen (secondary N) is 1. The maximum absolute atomic E-state index is 13.3. The van der Waals surface area contributed by atoms with E-state index in [1.165, 1.54) is 18.2 Å². The maximum atomic E-state index is 13.3. The van der Waals surface area contributed by atoms with Gasteiger partial charge in [0.2, 0.25) is 0 Å². The second-order valence-corrected chi connectivity index (χ2v) is 8.66. The Morgan fingerprint density at radius 1 is 1.28 bits per heavy atom. The van der Waals surface area contributed by atoms with Crippen LogP contribution in [0.15, 0.2) is 53.7 Å². The molecule has 4 rings (SSSR count). The topological polar surface area (TPSA) is 76.5 Å². The molecule has 154 valence electrons. The van der Waals surface area contributed by atoms with Crippen LogP contribution < -0.4 is 15.0 Å². The molecule has 3 heterocycles. The zero-order valence-corrected chi connectivity index (χ0v) is 16.4. The number of hydrogen-bond acceptors (Lipinski definition) is 6. The van der Waals surface area contributed by atoms with Crippen molar-refractivity contribution in [3.8, 4) is 5.75 Å². The van der Waals surface area contributed by atoms with Crippen molar-refractivity contribution >= 4 is 26.7 Å². The van der Waals surface area contributed by atoms with Crippen LogP contribution in [-0.2, 0) is 10.0 Å². The number of nitrogens with zero attached hydrogens (tertiary/aromatic N) is 3. The van der Waals surface area contributed by atoms with Crippen LogP contribution in [-0.4, -0.2) is 49.7 Å². The molecule has 1 N–H and O–H groups in total. The van der Waals surface area contributed by atoms with Crippen molar-refractivity contribution in [2.24, 2.45) is 0 Å². The summed E-state index contributed by atoms with van der Waals surface area (Å²) in [5.41, 5.74) is 1.72. The summed E-state index contributed by atoms with van der Waals surface area (Å²) in [4.78, 5) is 6.35. The van der Waals surface area contributed by atoms with Gasteiger partial charge in [0.25, 0.3) is 10.0 Å². The number of hydrogen-bond donors (Lipinski definition) is 1. The van der Waals surface area contributed by atoms with Crippen molar-refractivity contribution in [3.05, 3.63) is 48.8 Å². The van der Waals surface area contributed by atoms with Gasteiger partial charge < -0.3 is 15.0 Å². The van der Waals surface area contributed by atoms with E-state index in [4.69, 9.17) is 0 Å². The number of rotatable bonds is 5. The van der Waals surface area contributed by atoms with E-state index in [1.807, 2.05) is 0 Å². The molecule has 29 heavy (non-hydrogen) atoms. The van der Waals surface area contributed by atoms with Gasteiger partial charge in [-0.3, -0.25) is 4.98 Å².